The van der Waals surface area contributed by atoms with Crippen molar-refractivity contribution in [3.8, 4) is 0 Å². The number of nitrogens with two attached hydrogens (primary N) is 1. The highest BCUT2D eigenvalue weighted by atomic mass is 35.5. The fourth-order valence-electron chi connectivity index (χ4n) is 1.77. The lowest BCUT2D eigenvalue weighted by Gasteiger charge is -2.30. The SMILES string of the molecule is Cc1cccc(CN(C)C(=O)[C@@H](N)C(C)(C)C)c1.Cl. The van der Waals surface area contributed by atoms with Crippen molar-refractivity contribution in [1.29, 1.82) is 0 Å². The molecule has 19 heavy (non-hydrogen) atoms. The van der Waals surface area contributed by atoms with Crippen molar-refractivity contribution in [2.45, 2.75) is 40.3 Å². The van der Waals surface area contributed by atoms with Gasteiger partial charge in [0.1, 0.15) is 0 Å². The molecule has 0 fully saturated rings. The number of nitrogens with zero attached hydrogens (tertiary/aromatic N) is 1. The monoisotopic (exact) mass is 284 g/mol. The molecule has 0 aliphatic carbocycles. The Labute approximate surface area is 122 Å². The Morgan fingerprint density at radius 1 is 1.37 bits per heavy atom. The van der Waals surface area contributed by atoms with E-state index in [2.05, 4.69) is 6.07 Å². The summed E-state index contributed by atoms with van der Waals surface area (Å²) in [5, 5.41) is 0. The van der Waals surface area contributed by atoms with Gasteiger partial charge in [0.25, 0.3) is 0 Å². The van der Waals surface area contributed by atoms with E-state index in [9.17, 15) is 4.79 Å². The number of aryl methyl sites for hydroxylation is 1. The number of likely N-dealkylation sites (N-methyl/N-ethyl adjacent to an activating group) is 1. The van der Waals surface area contributed by atoms with Crippen LogP contribution in [0.1, 0.15) is 31.9 Å². The summed E-state index contributed by atoms with van der Waals surface area (Å²) >= 11 is 0. The fourth-order valence-corrected chi connectivity index (χ4v) is 1.77. The summed E-state index contributed by atoms with van der Waals surface area (Å²) in [7, 11) is 1.80. The fraction of sp³-hybridized carbons (Fsp3) is 0.533. The van der Waals surface area contributed by atoms with Gasteiger partial charge >= 0.3 is 0 Å². The van der Waals surface area contributed by atoms with Crippen LogP contribution in [-0.4, -0.2) is 23.9 Å². The first-order valence-electron chi connectivity index (χ1n) is 6.28. The smallest absolute Gasteiger partial charge is 0.240 e. The Morgan fingerprint density at radius 3 is 2.42 bits per heavy atom. The Kier molecular flexibility index (Phi) is 6.53. The number of benzene rings is 1. The van der Waals surface area contributed by atoms with Gasteiger partial charge in [0.05, 0.1) is 6.04 Å². The maximum absolute atomic E-state index is 12.2. The van der Waals surface area contributed by atoms with Crippen LogP contribution in [0.3, 0.4) is 0 Å². The molecule has 1 aromatic rings. The minimum Gasteiger partial charge on any atom is -0.340 e. The van der Waals surface area contributed by atoms with Gasteiger partial charge in [0.2, 0.25) is 5.91 Å². The minimum atomic E-state index is -0.465. The summed E-state index contributed by atoms with van der Waals surface area (Å²) in [6.07, 6.45) is 0. The van der Waals surface area contributed by atoms with Crippen LogP contribution in [0.2, 0.25) is 0 Å². The molecule has 1 amide bonds. The van der Waals surface area contributed by atoms with E-state index in [0.29, 0.717) is 6.54 Å². The van der Waals surface area contributed by atoms with Gasteiger partial charge in [0, 0.05) is 13.6 Å². The zero-order valence-corrected chi connectivity index (χ0v) is 13.3. The topological polar surface area (TPSA) is 46.3 Å². The Hall–Kier alpha value is -1.06. The molecule has 0 spiro atoms. The second kappa shape index (κ2) is 6.92. The van der Waals surface area contributed by atoms with Crippen molar-refractivity contribution in [3.63, 3.8) is 0 Å². The largest absolute Gasteiger partial charge is 0.340 e. The van der Waals surface area contributed by atoms with E-state index in [1.807, 2.05) is 45.9 Å². The van der Waals surface area contributed by atoms with Crippen LogP contribution in [0.4, 0.5) is 0 Å². The molecule has 1 aromatic carbocycles. The molecule has 0 heterocycles. The summed E-state index contributed by atoms with van der Waals surface area (Å²) in [6, 6.07) is 7.71. The first kappa shape index (κ1) is 17.9. The molecule has 1 rings (SSSR count). The third-order valence-electron chi connectivity index (χ3n) is 3.08. The molecule has 0 aliphatic rings. The number of hydrogen-bond acceptors (Lipinski definition) is 2. The van der Waals surface area contributed by atoms with Crippen molar-refractivity contribution < 1.29 is 4.79 Å². The Balaban J connectivity index is 0.00000324. The summed E-state index contributed by atoms with van der Waals surface area (Å²) < 4.78 is 0. The first-order valence-corrected chi connectivity index (χ1v) is 6.28. The maximum atomic E-state index is 12.2. The van der Waals surface area contributed by atoms with Gasteiger partial charge in [-0.3, -0.25) is 4.79 Å². The van der Waals surface area contributed by atoms with E-state index in [1.54, 1.807) is 11.9 Å². The molecule has 0 radical (unpaired) electrons. The zero-order chi connectivity index (χ0) is 13.9. The van der Waals surface area contributed by atoms with Gasteiger partial charge < -0.3 is 10.6 Å². The zero-order valence-electron chi connectivity index (χ0n) is 12.4. The van der Waals surface area contributed by atoms with Crippen molar-refractivity contribution in [2.75, 3.05) is 7.05 Å². The number of carbonyl (C=O) groups is 1. The van der Waals surface area contributed by atoms with Gasteiger partial charge in [-0.2, -0.15) is 0 Å². The Bertz CT molecular complexity index is 426. The number of hydrogen-bond donors (Lipinski definition) is 1. The highest BCUT2D eigenvalue weighted by Gasteiger charge is 2.29. The van der Waals surface area contributed by atoms with E-state index in [1.165, 1.54) is 5.56 Å². The van der Waals surface area contributed by atoms with Gasteiger partial charge in [-0.05, 0) is 17.9 Å². The first-order chi connectivity index (χ1) is 8.21. The molecular formula is C15H25ClN2O. The summed E-state index contributed by atoms with van der Waals surface area (Å²) in [5.41, 5.74) is 8.11. The second-order valence-electron chi connectivity index (χ2n) is 6.03. The summed E-state index contributed by atoms with van der Waals surface area (Å²) in [4.78, 5) is 13.9. The van der Waals surface area contributed by atoms with Crippen LogP contribution >= 0.6 is 12.4 Å². The highest BCUT2D eigenvalue weighted by Crippen LogP contribution is 2.19. The van der Waals surface area contributed by atoms with Gasteiger partial charge in [-0.25, -0.2) is 0 Å². The van der Waals surface area contributed by atoms with Crippen LogP contribution in [-0.2, 0) is 11.3 Å². The molecule has 2 N–H and O–H groups in total. The molecule has 1 atom stereocenters. The lowest BCUT2D eigenvalue weighted by atomic mass is 9.86. The molecule has 0 aliphatic heterocycles. The average molecular weight is 285 g/mol. The molecule has 0 unspecified atom stereocenters. The predicted molar refractivity (Wildman–Crippen MR) is 82.3 cm³/mol. The quantitative estimate of drug-likeness (QED) is 0.928. The highest BCUT2D eigenvalue weighted by molar-refractivity contribution is 5.85. The second-order valence-corrected chi connectivity index (χ2v) is 6.03. The van der Waals surface area contributed by atoms with Crippen molar-refractivity contribution in [3.05, 3.63) is 35.4 Å². The maximum Gasteiger partial charge on any atom is 0.240 e. The van der Waals surface area contributed by atoms with Crippen LogP contribution in [0.25, 0.3) is 0 Å². The minimum absolute atomic E-state index is 0. The van der Waals surface area contributed by atoms with E-state index in [0.717, 1.165) is 5.56 Å². The molecule has 4 heteroatoms. The molecular weight excluding hydrogens is 260 g/mol. The molecule has 3 nitrogen and oxygen atoms in total. The van der Waals surface area contributed by atoms with Crippen molar-refractivity contribution in [1.82, 2.24) is 4.90 Å². The summed E-state index contributed by atoms with van der Waals surface area (Å²) in [6.45, 7) is 8.60. The van der Waals surface area contributed by atoms with Crippen molar-refractivity contribution in [2.24, 2.45) is 11.1 Å². The number of rotatable bonds is 3. The standard InChI is InChI=1S/C15H24N2O.ClH/c1-11-7-6-8-12(9-11)10-17(5)14(18)13(16)15(2,3)4;/h6-9,13H,10,16H2,1-5H3;1H/t13-;/m1./s1. The number of amides is 1. The van der Waals surface area contributed by atoms with Gasteiger partial charge in [0.15, 0.2) is 0 Å². The predicted octanol–water partition coefficient (Wildman–Crippen LogP) is 2.75. The van der Waals surface area contributed by atoms with E-state index < -0.39 is 6.04 Å². The van der Waals surface area contributed by atoms with E-state index >= 15 is 0 Å². The Morgan fingerprint density at radius 2 is 1.95 bits per heavy atom. The van der Waals surface area contributed by atoms with Gasteiger partial charge in [-0.1, -0.05) is 50.6 Å². The number of carbonyl (C=O) groups excluding carboxylic acids is 1. The van der Waals surface area contributed by atoms with E-state index in [4.69, 9.17) is 5.73 Å². The third kappa shape index (κ3) is 5.21. The third-order valence-corrected chi connectivity index (χ3v) is 3.08. The molecule has 108 valence electrons. The molecule has 0 bridgehead atoms. The molecule has 0 saturated heterocycles. The van der Waals surface area contributed by atoms with Gasteiger partial charge in [-0.15, -0.1) is 12.4 Å². The summed E-state index contributed by atoms with van der Waals surface area (Å²) in [5.74, 6) is -0.0102. The van der Waals surface area contributed by atoms with Crippen LogP contribution < -0.4 is 5.73 Å². The van der Waals surface area contributed by atoms with E-state index in [-0.39, 0.29) is 23.7 Å². The van der Waals surface area contributed by atoms with Crippen LogP contribution in [0.5, 0.6) is 0 Å². The van der Waals surface area contributed by atoms with Crippen LogP contribution in [0, 0.1) is 12.3 Å². The average Bonchev–Trinajstić information content (AvgIpc) is 2.25. The normalized spacial score (nSPS) is 12.5. The lowest BCUT2D eigenvalue weighted by Crippen LogP contribution is -2.48. The molecule has 0 aromatic heterocycles. The van der Waals surface area contributed by atoms with Crippen LogP contribution in [0.15, 0.2) is 24.3 Å². The van der Waals surface area contributed by atoms with Crippen molar-refractivity contribution >= 4 is 18.3 Å². The number of halogens is 1. The lowest BCUT2D eigenvalue weighted by molar-refractivity contribution is -0.134. The molecule has 0 saturated carbocycles.